The lowest BCUT2D eigenvalue weighted by molar-refractivity contribution is 0.138. The molecular weight excluding hydrogens is 152 g/mol. The van der Waals surface area contributed by atoms with Crippen molar-refractivity contribution < 1.29 is 4.74 Å². The first-order chi connectivity index (χ1) is 5.75. The van der Waals surface area contributed by atoms with Crippen molar-refractivity contribution in [2.45, 2.75) is 27.3 Å². The molecule has 0 unspecified atom stereocenters. The van der Waals surface area contributed by atoms with Crippen LogP contribution >= 0.6 is 0 Å². The molecule has 0 aliphatic carbocycles. The van der Waals surface area contributed by atoms with E-state index in [9.17, 15) is 0 Å². The first-order valence-electron chi connectivity index (χ1n) is 4.25. The van der Waals surface area contributed by atoms with E-state index >= 15 is 0 Å². The van der Waals surface area contributed by atoms with Crippen molar-refractivity contribution in [2.24, 2.45) is 0 Å². The Balaban J connectivity index is 2.46. The number of rotatable bonds is 4. The standard InChI is InChI=1S/C9H15N2O/c1-4-12-6-5-11-7-10-8(2)9(11)3/h4-6H2,1-3H3. The SMILES string of the molecule is CCOCCn1[c]nc(C)c1C. The zero-order chi connectivity index (χ0) is 8.97. The Morgan fingerprint density at radius 3 is 2.75 bits per heavy atom. The second-order valence-electron chi connectivity index (χ2n) is 2.73. The van der Waals surface area contributed by atoms with Gasteiger partial charge in [0, 0.05) is 18.8 Å². The van der Waals surface area contributed by atoms with Crippen LogP contribution in [0.15, 0.2) is 0 Å². The van der Waals surface area contributed by atoms with Crippen molar-refractivity contribution in [2.75, 3.05) is 13.2 Å². The van der Waals surface area contributed by atoms with Crippen molar-refractivity contribution in [3.05, 3.63) is 17.7 Å². The Kier molecular flexibility index (Phi) is 3.29. The first-order valence-corrected chi connectivity index (χ1v) is 4.25. The zero-order valence-electron chi connectivity index (χ0n) is 7.92. The van der Waals surface area contributed by atoms with Gasteiger partial charge in [0.1, 0.15) is 0 Å². The van der Waals surface area contributed by atoms with Crippen LogP contribution in [0, 0.1) is 20.2 Å². The fourth-order valence-electron chi connectivity index (χ4n) is 1.00. The highest BCUT2D eigenvalue weighted by Gasteiger charge is 2.00. The molecule has 1 rings (SSSR count). The summed E-state index contributed by atoms with van der Waals surface area (Å²) in [4.78, 5) is 4.08. The van der Waals surface area contributed by atoms with E-state index in [1.165, 1.54) is 5.69 Å². The number of nitrogens with zero attached hydrogens (tertiary/aromatic N) is 2. The Morgan fingerprint density at radius 1 is 1.50 bits per heavy atom. The molecule has 0 amide bonds. The number of ether oxygens (including phenoxy) is 1. The molecular formula is C9H15N2O. The summed E-state index contributed by atoms with van der Waals surface area (Å²) in [5.74, 6) is 0. The van der Waals surface area contributed by atoms with Crippen LogP contribution in [0.25, 0.3) is 0 Å². The molecule has 0 aliphatic rings. The maximum absolute atomic E-state index is 5.23. The van der Waals surface area contributed by atoms with Gasteiger partial charge in [0.25, 0.3) is 0 Å². The van der Waals surface area contributed by atoms with Gasteiger partial charge >= 0.3 is 0 Å². The second-order valence-corrected chi connectivity index (χ2v) is 2.73. The minimum Gasteiger partial charge on any atom is -0.380 e. The summed E-state index contributed by atoms with van der Waals surface area (Å²) in [5, 5.41) is 0. The van der Waals surface area contributed by atoms with Gasteiger partial charge in [-0.1, -0.05) is 0 Å². The van der Waals surface area contributed by atoms with Gasteiger partial charge in [-0.3, -0.25) is 0 Å². The zero-order valence-corrected chi connectivity index (χ0v) is 7.92. The number of hydrogen-bond donors (Lipinski definition) is 0. The van der Waals surface area contributed by atoms with E-state index in [1.54, 1.807) is 0 Å². The second kappa shape index (κ2) is 4.26. The summed E-state index contributed by atoms with van der Waals surface area (Å²) < 4.78 is 7.22. The quantitative estimate of drug-likeness (QED) is 0.633. The van der Waals surface area contributed by atoms with Crippen molar-refractivity contribution in [1.29, 1.82) is 0 Å². The minimum atomic E-state index is 0.740. The Hall–Kier alpha value is -0.830. The van der Waals surface area contributed by atoms with E-state index in [0.29, 0.717) is 0 Å². The smallest absolute Gasteiger partial charge is 0.177 e. The Labute approximate surface area is 73.4 Å². The van der Waals surface area contributed by atoms with Crippen LogP contribution in [0.5, 0.6) is 0 Å². The van der Waals surface area contributed by atoms with Gasteiger partial charge in [-0.2, -0.15) is 0 Å². The molecule has 1 heterocycles. The van der Waals surface area contributed by atoms with Crippen LogP contribution in [-0.2, 0) is 11.3 Å². The fraction of sp³-hybridized carbons (Fsp3) is 0.667. The molecule has 0 saturated carbocycles. The third kappa shape index (κ3) is 2.08. The highest BCUT2D eigenvalue weighted by Crippen LogP contribution is 2.02. The normalized spacial score (nSPS) is 10.6. The summed E-state index contributed by atoms with van der Waals surface area (Å²) in [6.45, 7) is 8.39. The highest BCUT2D eigenvalue weighted by atomic mass is 16.5. The molecule has 1 aromatic rings. The molecule has 0 N–H and O–H groups in total. The molecule has 0 bridgehead atoms. The molecule has 1 aromatic heterocycles. The molecule has 0 fully saturated rings. The van der Waals surface area contributed by atoms with E-state index in [4.69, 9.17) is 4.74 Å². The maximum atomic E-state index is 5.23. The summed E-state index contributed by atoms with van der Waals surface area (Å²) >= 11 is 0. The van der Waals surface area contributed by atoms with E-state index in [1.807, 2.05) is 25.3 Å². The van der Waals surface area contributed by atoms with Gasteiger partial charge < -0.3 is 9.30 Å². The summed E-state index contributed by atoms with van der Waals surface area (Å²) in [5.41, 5.74) is 2.22. The van der Waals surface area contributed by atoms with E-state index in [-0.39, 0.29) is 0 Å². The molecule has 0 saturated heterocycles. The monoisotopic (exact) mass is 167 g/mol. The molecule has 0 atom stereocenters. The van der Waals surface area contributed by atoms with Gasteiger partial charge in [-0.25, -0.2) is 4.98 Å². The average molecular weight is 167 g/mol. The maximum Gasteiger partial charge on any atom is 0.177 e. The third-order valence-corrected chi connectivity index (χ3v) is 1.93. The van der Waals surface area contributed by atoms with Crippen LogP contribution in [-0.4, -0.2) is 22.8 Å². The van der Waals surface area contributed by atoms with Crippen LogP contribution in [0.3, 0.4) is 0 Å². The molecule has 3 heteroatoms. The third-order valence-electron chi connectivity index (χ3n) is 1.93. The largest absolute Gasteiger partial charge is 0.380 e. The van der Waals surface area contributed by atoms with Crippen molar-refractivity contribution in [3.8, 4) is 0 Å². The van der Waals surface area contributed by atoms with E-state index in [2.05, 4.69) is 11.3 Å². The Bertz CT molecular complexity index is 243. The van der Waals surface area contributed by atoms with Crippen LogP contribution < -0.4 is 0 Å². The van der Waals surface area contributed by atoms with Crippen LogP contribution in [0.2, 0.25) is 0 Å². The average Bonchev–Trinajstić information content (AvgIpc) is 2.36. The van der Waals surface area contributed by atoms with Gasteiger partial charge in [-0.15, -0.1) is 0 Å². The molecule has 67 valence electrons. The number of aromatic nitrogens is 2. The van der Waals surface area contributed by atoms with Gasteiger partial charge in [-0.05, 0) is 20.8 Å². The van der Waals surface area contributed by atoms with Gasteiger partial charge in [0.15, 0.2) is 6.33 Å². The van der Waals surface area contributed by atoms with Crippen LogP contribution in [0.1, 0.15) is 18.3 Å². The highest BCUT2D eigenvalue weighted by molar-refractivity contribution is 5.07. The van der Waals surface area contributed by atoms with E-state index < -0.39 is 0 Å². The van der Waals surface area contributed by atoms with Crippen LogP contribution in [0.4, 0.5) is 0 Å². The number of hydrogen-bond acceptors (Lipinski definition) is 2. The van der Waals surface area contributed by atoms with Gasteiger partial charge in [0.2, 0.25) is 0 Å². The number of aryl methyl sites for hydroxylation is 1. The molecule has 0 aromatic carbocycles. The molecule has 0 aliphatic heterocycles. The predicted molar refractivity (Wildman–Crippen MR) is 47.0 cm³/mol. The lowest BCUT2D eigenvalue weighted by Gasteiger charge is -2.04. The molecule has 3 nitrogen and oxygen atoms in total. The fourth-order valence-corrected chi connectivity index (χ4v) is 1.00. The predicted octanol–water partition coefficient (Wildman–Crippen LogP) is 1.34. The summed E-state index contributed by atoms with van der Waals surface area (Å²) in [7, 11) is 0. The summed E-state index contributed by atoms with van der Waals surface area (Å²) in [6, 6.07) is 0. The molecule has 1 radical (unpaired) electrons. The lowest BCUT2D eigenvalue weighted by Crippen LogP contribution is -2.06. The van der Waals surface area contributed by atoms with Crippen molar-refractivity contribution in [3.63, 3.8) is 0 Å². The van der Waals surface area contributed by atoms with Crippen molar-refractivity contribution in [1.82, 2.24) is 9.55 Å². The molecule has 0 spiro atoms. The molecule has 12 heavy (non-hydrogen) atoms. The van der Waals surface area contributed by atoms with E-state index in [0.717, 1.165) is 25.5 Å². The minimum absolute atomic E-state index is 0.740. The van der Waals surface area contributed by atoms with Crippen molar-refractivity contribution >= 4 is 0 Å². The number of imidazole rings is 1. The Morgan fingerprint density at radius 2 is 2.25 bits per heavy atom. The van der Waals surface area contributed by atoms with Gasteiger partial charge in [0.05, 0.1) is 12.3 Å². The lowest BCUT2D eigenvalue weighted by atomic mass is 10.4. The summed E-state index contributed by atoms with van der Waals surface area (Å²) in [6.07, 6.45) is 2.92. The topological polar surface area (TPSA) is 27.1 Å². The first kappa shape index (κ1) is 9.26.